The fraction of sp³-hybridized carbons (Fsp3) is 0.429. The first kappa shape index (κ1) is 11.3. The molecule has 3 rings (SSSR count). The summed E-state index contributed by atoms with van der Waals surface area (Å²) in [6, 6.07) is 5.99. The topological polar surface area (TPSA) is 42.7 Å². The molecule has 0 atom stereocenters. The Morgan fingerprint density at radius 2 is 2.28 bits per heavy atom. The van der Waals surface area contributed by atoms with Crippen molar-refractivity contribution in [3.05, 3.63) is 30.0 Å². The van der Waals surface area contributed by atoms with Gasteiger partial charge >= 0.3 is 0 Å². The third-order valence-electron chi connectivity index (χ3n) is 3.40. The minimum absolute atomic E-state index is 0.891. The highest BCUT2D eigenvalue weighted by atomic mass is 15.3. The largest absolute Gasteiger partial charge is 0.370 e. The molecule has 3 heterocycles. The molecule has 1 N–H and O–H groups in total. The van der Waals surface area contributed by atoms with E-state index in [4.69, 9.17) is 5.10 Å². The first-order chi connectivity index (χ1) is 8.90. The first-order valence-corrected chi connectivity index (χ1v) is 6.65. The van der Waals surface area contributed by atoms with E-state index >= 15 is 0 Å². The van der Waals surface area contributed by atoms with Gasteiger partial charge in [-0.1, -0.05) is 6.07 Å². The van der Waals surface area contributed by atoms with Gasteiger partial charge in [0.25, 0.3) is 0 Å². The Kier molecular flexibility index (Phi) is 3.00. The van der Waals surface area contributed by atoms with Crippen LogP contribution in [0.2, 0.25) is 0 Å². The summed E-state index contributed by atoms with van der Waals surface area (Å²) in [6.45, 7) is 4.06. The van der Waals surface area contributed by atoms with Gasteiger partial charge in [0.1, 0.15) is 11.5 Å². The number of hydrogen-bond acceptors (Lipinski definition) is 3. The lowest BCUT2D eigenvalue weighted by Gasteiger charge is -2.06. The predicted molar refractivity (Wildman–Crippen MR) is 72.6 cm³/mol. The van der Waals surface area contributed by atoms with Crippen LogP contribution in [0.1, 0.15) is 25.3 Å². The van der Waals surface area contributed by atoms with Crippen LogP contribution >= 0.6 is 0 Å². The van der Waals surface area contributed by atoms with Crippen LogP contribution in [0.25, 0.3) is 11.4 Å². The number of fused-ring (bicyclic) bond motifs is 1. The number of nitrogens with zero attached hydrogens (tertiary/aromatic N) is 3. The zero-order chi connectivity index (χ0) is 12.4. The average molecular weight is 242 g/mol. The van der Waals surface area contributed by atoms with Crippen LogP contribution in [0, 0.1) is 0 Å². The molecule has 0 bridgehead atoms. The van der Waals surface area contributed by atoms with E-state index in [1.54, 1.807) is 0 Å². The summed E-state index contributed by atoms with van der Waals surface area (Å²) in [6.07, 6.45) is 5.36. The van der Waals surface area contributed by atoms with Gasteiger partial charge in [0.05, 0.1) is 5.69 Å². The molecule has 0 saturated heterocycles. The number of rotatable bonds is 2. The maximum atomic E-state index is 4.71. The third-order valence-corrected chi connectivity index (χ3v) is 3.40. The van der Waals surface area contributed by atoms with E-state index in [9.17, 15) is 0 Å². The molecule has 0 amide bonds. The van der Waals surface area contributed by atoms with Crippen molar-refractivity contribution in [2.45, 2.75) is 32.7 Å². The van der Waals surface area contributed by atoms with Crippen molar-refractivity contribution >= 4 is 5.82 Å². The van der Waals surface area contributed by atoms with E-state index in [2.05, 4.69) is 21.9 Å². The second kappa shape index (κ2) is 4.80. The Hall–Kier alpha value is -1.84. The summed E-state index contributed by atoms with van der Waals surface area (Å²) < 4.78 is 2.06. The molecule has 4 nitrogen and oxygen atoms in total. The molecule has 94 valence electrons. The zero-order valence-electron chi connectivity index (χ0n) is 10.7. The van der Waals surface area contributed by atoms with E-state index in [0.29, 0.717) is 0 Å². The molecule has 1 aliphatic heterocycles. The normalized spacial score (nSPS) is 14.7. The van der Waals surface area contributed by atoms with Crippen molar-refractivity contribution in [1.82, 2.24) is 14.8 Å². The van der Waals surface area contributed by atoms with Crippen LogP contribution in [0.15, 0.2) is 24.4 Å². The van der Waals surface area contributed by atoms with Gasteiger partial charge < -0.3 is 5.32 Å². The van der Waals surface area contributed by atoms with Crippen LogP contribution in [0.5, 0.6) is 0 Å². The standard InChI is InChI=1S/C14H18N4/c1-2-18-14-11(7-3-5-10-16-14)13(17-18)12-8-4-6-9-15-12/h4,6,8-9,16H,2-3,5,7,10H2,1H3. The summed E-state index contributed by atoms with van der Waals surface area (Å²) in [7, 11) is 0. The number of anilines is 1. The molecule has 0 radical (unpaired) electrons. The zero-order valence-corrected chi connectivity index (χ0v) is 10.7. The highest BCUT2D eigenvalue weighted by molar-refractivity contribution is 5.67. The maximum absolute atomic E-state index is 4.71. The molecule has 0 aliphatic carbocycles. The van der Waals surface area contributed by atoms with Crippen LogP contribution in [0.4, 0.5) is 5.82 Å². The van der Waals surface area contributed by atoms with E-state index in [1.165, 1.54) is 24.2 Å². The lowest BCUT2D eigenvalue weighted by molar-refractivity contribution is 0.665. The fourth-order valence-electron chi connectivity index (χ4n) is 2.50. The summed E-state index contributed by atoms with van der Waals surface area (Å²) in [5.41, 5.74) is 3.35. The van der Waals surface area contributed by atoms with E-state index in [-0.39, 0.29) is 0 Å². The maximum Gasteiger partial charge on any atom is 0.128 e. The van der Waals surface area contributed by atoms with Gasteiger partial charge in [0, 0.05) is 24.8 Å². The quantitative estimate of drug-likeness (QED) is 0.880. The molecule has 2 aromatic heterocycles. The van der Waals surface area contributed by atoms with Crippen molar-refractivity contribution in [2.24, 2.45) is 0 Å². The number of pyridine rings is 1. The SMILES string of the molecule is CCn1nc(-c2ccccn2)c2c1NCCCC2. The van der Waals surface area contributed by atoms with Crippen LogP contribution in [-0.4, -0.2) is 21.3 Å². The fourth-order valence-corrected chi connectivity index (χ4v) is 2.50. The minimum Gasteiger partial charge on any atom is -0.370 e. The Morgan fingerprint density at radius 1 is 1.33 bits per heavy atom. The van der Waals surface area contributed by atoms with Gasteiger partial charge in [-0.25, -0.2) is 4.68 Å². The first-order valence-electron chi connectivity index (χ1n) is 6.65. The lowest BCUT2D eigenvalue weighted by atomic mass is 10.1. The number of aromatic nitrogens is 3. The molecule has 0 saturated carbocycles. The van der Waals surface area contributed by atoms with Crippen molar-refractivity contribution < 1.29 is 0 Å². The third kappa shape index (κ3) is 1.88. The van der Waals surface area contributed by atoms with Gasteiger partial charge in [-0.05, 0) is 38.3 Å². The van der Waals surface area contributed by atoms with Gasteiger partial charge in [0.2, 0.25) is 0 Å². The minimum atomic E-state index is 0.891. The van der Waals surface area contributed by atoms with Crippen molar-refractivity contribution in [1.29, 1.82) is 0 Å². The van der Waals surface area contributed by atoms with Crippen molar-refractivity contribution in [3.63, 3.8) is 0 Å². The van der Waals surface area contributed by atoms with E-state index in [0.717, 1.165) is 30.9 Å². The molecule has 4 heteroatoms. The van der Waals surface area contributed by atoms with E-state index in [1.807, 2.05) is 24.4 Å². The molecule has 0 spiro atoms. The lowest BCUT2D eigenvalue weighted by Crippen LogP contribution is -2.07. The van der Waals surface area contributed by atoms with Crippen LogP contribution in [-0.2, 0) is 13.0 Å². The van der Waals surface area contributed by atoms with Gasteiger partial charge in [-0.15, -0.1) is 0 Å². The van der Waals surface area contributed by atoms with Crippen molar-refractivity contribution in [2.75, 3.05) is 11.9 Å². The molecule has 2 aromatic rings. The summed E-state index contributed by atoms with van der Waals surface area (Å²) in [5, 5.41) is 8.22. The van der Waals surface area contributed by atoms with Gasteiger partial charge in [0.15, 0.2) is 0 Å². The van der Waals surface area contributed by atoms with E-state index < -0.39 is 0 Å². The highest BCUT2D eigenvalue weighted by Gasteiger charge is 2.20. The molecular weight excluding hydrogens is 224 g/mol. The monoisotopic (exact) mass is 242 g/mol. The van der Waals surface area contributed by atoms with Crippen LogP contribution in [0.3, 0.4) is 0 Å². The number of aryl methyl sites for hydroxylation is 1. The second-order valence-electron chi connectivity index (χ2n) is 4.59. The number of nitrogens with one attached hydrogen (secondary N) is 1. The van der Waals surface area contributed by atoms with Crippen LogP contribution < -0.4 is 5.32 Å². The average Bonchev–Trinajstić information content (AvgIpc) is 2.61. The Balaban J connectivity index is 2.12. The highest BCUT2D eigenvalue weighted by Crippen LogP contribution is 2.30. The summed E-state index contributed by atoms with van der Waals surface area (Å²) in [5.74, 6) is 1.19. The molecule has 1 aliphatic rings. The van der Waals surface area contributed by atoms with Gasteiger partial charge in [-0.3, -0.25) is 4.98 Å². The Bertz CT molecular complexity index is 530. The smallest absolute Gasteiger partial charge is 0.128 e. The number of hydrogen-bond donors (Lipinski definition) is 1. The molecule has 0 unspecified atom stereocenters. The molecule has 0 fully saturated rings. The predicted octanol–water partition coefficient (Wildman–Crippen LogP) is 2.71. The Morgan fingerprint density at radius 3 is 3.06 bits per heavy atom. The molecule has 18 heavy (non-hydrogen) atoms. The Labute approximate surface area is 107 Å². The second-order valence-corrected chi connectivity index (χ2v) is 4.59. The summed E-state index contributed by atoms with van der Waals surface area (Å²) in [4.78, 5) is 4.43. The molecular formula is C14H18N4. The van der Waals surface area contributed by atoms with Gasteiger partial charge in [-0.2, -0.15) is 5.10 Å². The summed E-state index contributed by atoms with van der Waals surface area (Å²) >= 11 is 0. The molecule has 0 aromatic carbocycles. The van der Waals surface area contributed by atoms with Crippen molar-refractivity contribution in [3.8, 4) is 11.4 Å².